The van der Waals surface area contributed by atoms with E-state index in [-0.39, 0.29) is 5.69 Å². The van der Waals surface area contributed by atoms with E-state index >= 15 is 0 Å². The molecule has 1 aromatic rings. The van der Waals surface area contributed by atoms with Gasteiger partial charge in [-0.05, 0) is 19.2 Å². The molecule has 1 heterocycles. The van der Waals surface area contributed by atoms with E-state index in [2.05, 4.69) is 10.3 Å². The Morgan fingerprint density at radius 1 is 1.33 bits per heavy atom. The van der Waals surface area contributed by atoms with Crippen molar-refractivity contribution in [2.75, 3.05) is 38.7 Å². The van der Waals surface area contributed by atoms with E-state index in [1.165, 1.54) is 12.1 Å². The predicted molar refractivity (Wildman–Crippen MR) is 65.7 cm³/mol. The summed E-state index contributed by atoms with van der Waals surface area (Å²) >= 11 is 0. The number of piperazine rings is 1. The highest BCUT2D eigenvalue weighted by Gasteiger charge is 2.22. The van der Waals surface area contributed by atoms with Gasteiger partial charge in [-0.1, -0.05) is 6.07 Å². The number of likely N-dealkylation sites (N-methyl/N-ethyl adjacent to an activating group) is 1. The van der Waals surface area contributed by atoms with E-state index < -0.39 is 16.4 Å². The van der Waals surface area contributed by atoms with Crippen molar-refractivity contribution in [2.45, 2.75) is 0 Å². The molecule has 1 aliphatic rings. The number of anilines is 1. The van der Waals surface area contributed by atoms with Gasteiger partial charge in [-0.15, -0.1) is 0 Å². The first-order valence-corrected chi connectivity index (χ1v) is 5.71. The van der Waals surface area contributed by atoms with E-state index in [1.807, 2.05) is 12.1 Å². The molecule has 7 heteroatoms. The molecule has 18 heavy (non-hydrogen) atoms. The molecule has 0 spiro atoms. The monoisotopic (exact) mass is 254 g/mol. The van der Waals surface area contributed by atoms with E-state index in [4.69, 9.17) is 0 Å². The number of halogens is 1. The van der Waals surface area contributed by atoms with Crippen LogP contribution in [0.4, 0.5) is 15.8 Å². The van der Waals surface area contributed by atoms with Crippen molar-refractivity contribution >= 4 is 11.4 Å². The molecule has 1 fully saturated rings. The maximum absolute atomic E-state index is 13.4. The Balaban J connectivity index is 2.14. The first-order valence-electron chi connectivity index (χ1n) is 5.71. The van der Waals surface area contributed by atoms with Gasteiger partial charge >= 0.3 is 5.69 Å². The van der Waals surface area contributed by atoms with Crippen LogP contribution in [0.2, 0.25) is 0 Å². The van der Waals surface area contributed by atoms with Gasteiger partial charge in [-0.3, -0.25) is 10.1 Å². The van der Waals surface area contributed by atoms with E-state index in [1.54, 1.807) is 0 Å². The fraction of sp³-hybridized carbons (Fsp3) is 0.455. The summed E-state index contributed by atoms with van der Waals surface area (Å²) in [4.78, 5) is 12.3. The van der Waals surface area contributed by atoms with Gasteiger partial charge in [0.1, 0.15) is 5.69 Å². The van der Waals surface area contributed by atoms with Gasteiger partial charge in [-0.25, -0.2) is 5.01 Å². The minimum absolute atomic E-state index is 0.199. The van der Waals surface area contributed by atoms with Crippen molar-refractivity contribution in [1.29, 1.82) is 0 Å². The maximum Gasteiger partial charge on any atom is 0.328 e. The second-order valence-electron chi connectivity index (χ2n) is 4.30. The van der Waals surface area contributed by atoms with Crippen LogP contribution in [-0.4, -0.2) is 48.1 Å². The van der Waals surface area contributed by atoms with Crippen LogP contribution >= 0.6 is 0 Å². The van der Waals surface area contributed by atoms with Gasteiger partial charge in [0.05, 0.1) is 4.92 Å². The lowest BCUT2D eigenvalue weighted by molar-refractivity contribution is -0.386. The number of benzene rings is 1. The van der Waals surface area contributed by atoms with Gasteiger partial charge in [0.25, 0.3) is 0 Å². The number of nitrogens with zero attached hydrogens (tertiary/aromatic N) is 3. The molecule has 98 valence electrons. The second kappa shape index (κ2) is 5.28. The molecule has 0 bridgehead atoms. The van der Waals surface area contributed by atoms with Crippen LogP contribution in [0.5, 0.6) is 0 Å². The Morgan fingerprint density at radius 3 is 2.61 bits per heavy atom. The van der Waals surface area contributed by atoms with E-state index in [0.29, 0.717) is 0 Å². The predicted octanol–water partition coefficient (Wildman–Crippen LogP) is 1.31. The van der Waals surface area contributed by atoms with Gasteiger partial charge in [0.2, 0.25) is 5.82 Å². The van der Waals surface area contributed by atoms with Crippen molar-refractivity contribution in [2.24, 2.45) is 0 Å². The van der Waals surface area contributed by atoms with Gasteiger partial charge in [-0.2, -0.15) is 4.39 Å². The van der Waals surface area contributed by atoms with Crippen LogP contribution < -0.4 is 5.43 Å². The molecule has 0 unspecified atom stereocenters. The molecular formula is C11H15FN4O2. The molecule has 1 aromatic carbocycles. The number of hydrazine groups is 1. The number of para-hydroxylation sites is 1. The highest BCUT2D eigenvalue weighted by molar-refractivity contribution is 5.61. The number of rotatable bonds is 3. The van der Waals surface area contributed by atoms with E-state index in [0.717, 1.165) is 32.2 Å². The summed E-state index contributed by atoms with van der Waals surface area (Å²) < 4.78 is 13.4. The normalized spacial score (nSPS) is 17.7. The zero-order chi connectivity index (χ0) is 13.1. The third kappa shape index (κ3) is 2.74. The zero-order valence-corrected chi connectivity index (χ0v) is 10.1. The zero-order valence-electron chi connectivity index (χ0n) is 10.1. The van der Waals surface area contributed by atoms with Crippen molar-refractivity contribution in [3.05, 3.63) is 34.1 Å². The smallest absolute Gasteiger partial charge is 0.313 e. The minimum atomic E-state index is -0.820. The molecule has 1 saturated heterocycles. The summed E-state index contributed by atoms with van der Waals surface area (Å²) in [6, 6.07) is 4.06. The van der Waals surface area contributed by atoms with Crippen LogP contribution in [0.15, 0.2) is 18.2 Å². The summed E-state index contributed by atoms with van der Waals surface area (Å²) in [5, 5.41) is 12.7. The Hall–Kier alpha value is -1.73. The van der Waals surface area contributed by atoms with Crippen LogP contribution in [0.1, 0.15) is 0 Å². The number of hydrogen-bond donors (Lipinski definition) is 1. The lowest BCUT2D eigenvalue weighted by Crippen LogP contribution is -2.47. The number of nitro groups is 1. The van der Waals surface area contributed by atoms with Crippen LogP contribution in [-0.2, 0) is 0 Å². The summed E-state index contributed by atoms with van der Waals surface area (Å²) in [6.45, 7) is 3.22. The summed E-state index contributed by atoms with van der Waals surface area (Å²) in [6.07, 6.45) is 0. The van der Waals surface area contributed by atoms with E-state index in [9.17, 15) is 14.5 Å². The lowest BCUT2D eigenvalue weighted by Gasteiger charge is -2.32. The fourth-order valence-electron chi connectivity index (χ4n) is 1.88. The molecule has 0 radical (unpaired) electrons. The third-order valence-electron chi connectivity index (χ3n) is 2.95. The van der Waals surface area contributed by atoms with Crippen molar-refractivity contribution < 1.29 is 9.31 Å². The highest BCUT2D eigenvalue weighted by Crippen LogP contribution is 2.27. The lowest BCUT2D eigenvalue weighted by atomic mass is 10.2. The van der Waals surface area contributed by atoms with Gasteiger partial charge in [0.15, 0.2) is 0 Å². The molecule has 1 N–H and O–H groups in total. The first kappa shape index (κ1) is 12.7. The largest absolute Gasteiger partial charge is 0.328 e. The van der Waals surface area contributed by atoms with Crippen molar-refractivity contribution in [3.63, 3.8) is 0 Å². The average molecular weight is 254 g/mol. The van der Waals surface area contributed by atoms with Crippen LogP contribution in [0, 0.1) is 15.9 Å². The number of nitrogens with one attached hydrogen (secondary N) is 1. The Kier molecular flexibility index (Phi) is 3.73. The van der Waals surface area contributed by atoms with Crippen LogP contribution in [0.3, 0.4) is 0 Å². The molecule has 0 atom stereocenters. The molecule has 2 rings (SSSR count). The molecule has 0 amide bonds. The Bertz CT molecular complexity index is 447. The summed E-state index contributed by atoms with van der Waals surface area (Å²) in [5.74, 6) is -0.820. The number of nitro benzene ring substituents is 1. The summed E-state index contributed by atoms with van der Waals surface area (Å²) in [5.41, 5.74) is 2.61. The summed E-state index contributed by atoms with van der Waals surface area (Å²) in [7, 11) is 2.02. The molecular weight excluding hydrogens is 239 g/mol. The standard InChI is InChI=1S/C11H15FN4O2/c1-14-5-7-15(8-6-14)13-10-4-2-3-9(12)11(10)16(17)18/h2-4,13H,5-8H2,1H3. The van der Waals surface area contributed by atoms with Crippen molar-refractivity contribution in [1.82, 2.24) is 9.91 Å². The molecule has 0 aromatic heterocycles. The van der Waals surface area contributed by atoms with Gasteiger partial charge < -0.3 is 10.3 Å². The SMILES string of the molecule is CN1CCN(Nc2cccc(F)c2[N+](=O)[O-])CC1. The first-order chi connectivity index (χ1) is 8.58. The highest BCUT2D eigenvalue weighted by atomic mass is 19.1. The van der Waals surface area contributed by atoms with Gasteiger partial charge in [0, 0.05) is 26.2 Å². The second-order valence-corrected chi connectivity index (χ2v) is 4.30. The minimum Gasteiger partial charge on any atom is -0.313 e. The van der Waals surface area contributed by atoms with Crippen LogP contribution in [0.25, 0.3) is 0 Å². The molecule has 6 nitrogen and oxygen atoms in total. The Labute approximate surface area is 104 Å². The topological polar surface area (TPSA) is 61.6 Å². The third-order valence-corrected chi connectivity index (χ3v) is 2.95. The molecule has 0 aliphatic carbocycles. The quantitative estimate of drug-likeness (QED) is 0.651. The molecule has 1 aliphatic heterocycles. The average Bonchev–Trinajstić information content (AvgIpc) is 2.32. The maximum atomic E-state index is 13.4. The molecule has 0 saturated carbocycles. The Morgan fingerprint density at radius 2 is 2.00 bits per heavy atom. The fourth-order valence-corrected chi connectivity index (χ4v) is 1.88. The van der Waals surface area contributed by atoms with Crippen molar-refractivity contribution in [3.8, 4) is 0 Å². The number of hydrogen-bond acceptors (Lipinski definition) is 5.